The van der Waals surface area contributed by atoms with Gasteiger partial charge in [0.25, 0.3) is 0 Å². The average Bonchev–Trinajstić information content (AvgIpc) is 2.95. The second-order valence-electron chi connectivity index (χ2n) is 6.36. The minimum atomic E-state index is -0.889. The molecule has 0 spiro atoms. The molecular weight excluding hydrogens is 314 g/mol. The van der Waals surface area contributed by atoms with Crippen LogP contribution in [0.3, 0.4) is 0 Å². The van der Waals surface area contributed by atoms with Gasteiger partial charge in [-0.25, -0.2) is 9.78 Å². The van der Waals surface area contributed by atoms with E-state index in [4.69, 9.17) is 11.6 Å². The summed E-state index contributed by atoms with van der Waals surface area (Å²) in [4.78, 5) is 20.9. The summed E-state index contributed by atoms with van der Waals surface area (Å²) in [6.07, 6.45) is 1.49. The van der Waals surface area contributed by atoms with Crippen LogP contribution in [-0.4, -0.2) is 32.6 Å². The molecule has 1 amide bonds. The number of benzene rings is 1. The molecule has 6 heteroatoms. The van der Waals surface area contributed by atoms with Gasteiger partial charge >= 0.3 is 6.09 Å². The van der Waals surface area contributed by atoms with Crippen molar-refractivity contribution >= 4 is 17.7 Å². The van der Waals surface area contributed by atoms with E-state index in [0.717, 1.165) is 17.0 Å². The number of aromatic amines is 1. The monoisotopic (exact) mass is 333 g/mol. The molecule has 0 saturated carbocycles. The number of hydrogen-bond acceptors (Lipinski definition) is 2. The molecule has 2 aromatic rings. The zero-order chi connectivity index (χ0) is 16.6. The normalized spacial score (nSPS) is 20.6. The maximum absolute atomic E-state index is 11.7. The number of carboxylic acid groups (broad SMARTS) is 1. The van der Waals surface area contributed by atoms with Crippen LogP contribution >= 0.6 is 11.6 Å². The van der Waals surface area contributed by atoms with Crippen LogP contribution in [0, 0.1) is 5.92 Å². The molecule has 3 rings (SSSR count). The fourth-order valence-corrected chi connectivity index (χ4v) is 3.68. The van der Waals surface area contributed by atoms with Gasteiger partial charge in [0.2, 0.25) is 0 Å². The third kappa shape index (κ3) is 3.06. The van der Waals surface area contributed by atoms with Crippen molar-refractivity contribution in [1.29, 1.82) is 0 Å². The Morgan fingerprint density at radius 3 is 2.96 bits per heavy atom. The van der Waals surface area contributed by atoms with Crippen molar-refractivity contribution in [3.63, 3.8) is 0 Å². The van der Waals surface area contributed by atoms with Crippen LogP contribution in [0.25, 0.3) is 0 Å². The lowest BCUT2D eigenvalue weighted by Gasteiger charge is -2.39. The number of nitrogens with one attached hydrogen (secondary N) is 1. The van der Waals surface area contributed by atoms with E-state index in [0.29, 0.717) is 18.0 Å². The van der Waals surface area contributed by atoms with E-state index in [1.807, 2.05) is 38.1 Å². The maximum Gasteiger partial charge on any atom is 0.407 e. The summed E-state index contributed by atoms with van der Waals surface area (Å²) in [5.74, 6) is 0.207. The largest absolute Gasteiger partial charge is 0.465 e. The molecule has 2 unspecified atom stereocenters. The number of aromatic nitrogens is 2. The summed E-state index contributed by atoms with van der Waals surface area (Å²) in [6.45, 7) is 4.51. The Labute approximate surface area is 140 Å². The summed E-state index contributed by atoms with van der Waals surface area (Å²) in [5, 5.41) is 10.3. The van der Waals surface area contributed by atoms with E-state index in [1.165, 1.54) is 4.90 Å². The molecule has 1 aliphatic heterocycles. The highest BCUT2D eigenvalue weighted by molar-refractivity contribution is 6.30. The first-order valence-electron chi connectivity index (χ1n) is 7.74. The SMILES string of the molecule is CC(C)C1c2[nH]cnc2C(Cc2cccc(Cl)c2)CN1C(=O)O. The van der Waals surface area contributed by atoms with E-state index >= 15 is 0 Å². The van der Waals surface area contributed by atoms with Crippen molar-refractivity contribution in [1.82, 2.24) is 14.9 Å². The quantitative estimate of drug-likeness (QED) is 0.889. The van der Waals surface area contributed by atoms with E-state index in [1.54, 1.807) is 6.33 Å². The Hall–Kier alpha value is -2.01. The van der Waals surface area contributed by atoms with Gasteiger partial charge in [-0.1, -0.05) is 37.6 Å². The van der Waals surface area contributed by atoms with Gasteiger partial charge in [0.05, 0.1) is 23.8 Å². The molecular formula is C17H20ClN3O2. The topological polar surface area (TPSA) is 69.2 Å². The van der Waals surface area contributed by atoms with Gasteiger partial charge in [-0.3, -0.25) is 4.90 Å². The molecule has 0 bridgehead atoms. The summed E-state index contributed by atoms with van der Waals surface area (Å²) in [6, 6.07) is 7.51. The minimum absolute atomic E-state index is 0.0285. The van der Waals surface area contributed by atoms with Crippen LogP contribution in [0.1, 0.15) is 42.8 Å². The summed E-state index contributed by atoms with van der Waals surface area (Å²) < 4.78 is 0. The second-order valence-corrected chi connectivity index (χ2v) is 6.79. The highest BCUT2D eigenvalue weighted by Gasteiger charge is 2.39. The van der Waals surface area contributed by atoms with Gasteiger partial charge in [-0.05, 0) is 30.0 Å². The van der Waals surface area contributed by atoms with Gasteiger partial charge in [0.1, 0.15) is 0 Å². The lowest BCUT2D eigenvalue weighted by atomic mass is 9.85. The Kier molecular flexibility index (Phi) is 4.31. The standard InChI is InChI=1S/C17H20ClN3O2/c1-10(2)16-15-14(19-9-20-15)12(8-21(16)17(22)23)6-11-4-3-5-13(18)7-11/h3-5,7,9-10,12,16H,6,8H2,1-2H3,(H,19,20)(H,22,23). The Morgan fingerprint density at radius 2 is 2.30 bits per heavy atom. The fourth-order valence-electron chi connectivity index (χ4n) is 3.47. The molecule has 0 radical (unpaired) electrons. The number of rotatable bonds is 3. The average molecular weight is 334 g/mol. The van der Waals surface area contributed by atoms with Crippen LogP contribution in [0.5, 0.6) is 0 Å². The van der Waals surface area contributed by atoms with Crippen LogP contribution in [0.15, 0.2) is 30.6 Å². The predicted octanol–water partition coefficient (Wildman–Crippen LogP) is 4.08. The second kappa shape index (κ2) is 6.24. The van der Waals surface area contributed by atoms with Crippen molar-refractivity contribution in [2.75, 3.05) is 6.54 Å². The minimum Gasteiger partial charge on any atom is -0.465 e. The number of amides is 1. The molecule has 1 aromatic heterocycles. The van der Waals surface area contributed by atoms with E-state index in [2.05, 4.69) is 9.97 Å². The van der Waals surface area contributed by atoms with Gasteiger partial charge in [-0.2, -0.15) is 0 Å². The van der Waals surface area contributed by atoms with Gasteiger partial charge < -0.3 is 10.1 Å². The first-order chi connectivity index (χ1) is 11.0. The predicted molar refractivity (Wildman–Crippen MR) is 88.8 cm³/mol. The smallest absolute Gasteiger partial charge is 0.407 e. The first kappa shape index (κ1) is 15.9. The molecule has 0 saturated heterocycles. The van der Waals surface area contributed by atoms with Crippen LogP contribution < -0.4 is 0 Å². The Balaban J connectivity index is 1.95. The summed E-state index contributed by atoms with van der Waals surface area (Å²) in [7, 11) is 0. The van der Waals surface area contributed by atoms with Crippen molar-refractivity contribution < 1.29 is 9.90 Å². The molecule has 23 heavy (non-hydrogen) atoms. The molecule has 1 aliphatic rings. The highest BCUT2D eigenvalue weighted by atomic mass is 35.5. The third-order valence-corrected chi connectivity index (χ3v) is 4.62. The molecule has 5 nitrogen and oxygen atoms in total. The molecule has 2 N–H and O–H groups in total. The number of nitrogens with zero attached hydrogens (tertiary/aromatic N) is 2. The van der Waals surface area contributed by atoms with Crippen molar-refractivity contribution in [3.05, 3.63) is 52.6 Å². The number of carbonyl (C=O) groups is 1. The van der Waals surface area contributed by atoms with Gasteiger partial charge in [-0.15, -0.1) is 0 Å². The van der Waals surface area contributed by atoms with E-state index in [9.17, 15) is 9.90 Å². The van der Waals surface area contributed by atoms with Crippen molar-refractivity contribution in [3.8, 4) is 0 Å². The number of fused-ring (bicyclic) bond motifs is 1. The van der Waals surface area contributed by atoms with E-state index < -0.39 is 6.09 Å². The van der Waals surface area contributed by atoms with Gasteiger partial charge in [0.15, 0.2) is 0 Å². The molecule has 122 valence electrons. The summed E-state index contributed by atoms with van der Waals surface area (Å²) >= 11 is 6.06. The zero-order valence-electron chi connectivity index (χ0n) is 13.2. The van der Waals surface area contributed by atoms with Crippen LogP contribution in [-0.2, 0) is 6.42 Å². The lowest BCUT2D eigenvalue weighted by molar-refractivity contribution is 0.0953. The highest BCUT2D eigenvalue weighted by Crippen LogP contribution is 2.39. The van der Waals surface area contributed by atoms with Gasteiger partial charge in [0, 0.05) is 17.5 Å². The molecule has 1 aromatic carbocycles. The maximum atomic E-state index is 11.7. The first-order valence-corrected chi connectivity index (χ1v) is 8.12. The lowest BCUT2D eigenvalue weighted by Crippen LogP contribution is -2.43. The van der Waals surface area contributed by atoms with Crippen LogP contribution in [0.4, 0.5) is 4.79 Å². The third-order valence-electron chi connectivity index (χ3n) is 4.38. The number of halogens is 1. The number of hydrogen-bond donors (Lipinski definition) is 2. The zero-order valence-corrected chi connectivity index (χ0v) is 13.9. The fraction of sp³-hybridized carbons (Fsp3) is 0.412. The van der Waals surface area contributed by atoms with Crippen molar-refractivity contribution in [2.24, 2.45) is 5.92 Å². The number of imidazole rings is 1. The number of H-pyrrole nitrogens is 1. The Bertz CT molecular complexity index is 713. The van der Waals surface area contributed by atoms with Crippen molar-refractivity contribution in [2.45, 2.75) is 32.2 Å². The van der Waals surface area contributed by atoms with E-state index in [-0.39, 0.29) is 17.9 Å². The molecule has 0 aliphatic carbocycles. The Morgan fingerprint density at radius 1 is 1.52 bits per heavy atom. The molecule has 2 heterocycles. The molecule has 0 fully saturated rings. The summed E-state index contributed by atoms with van der Waals surface area (Å²) in [5.41, 5.74) is 2.98. The van der Waals surface area contributed by atoms with Crippen LogP contribution in [0.2, 0.25) is 5.02 Å². The molecule has 2 atom stereocenters.